The van der Waals surface area contributed by atoms with Crippen molar-refractivity contribution in [3.05, 3.63) is 0 Å². The molecule has 0 aromatic rings. The number of carbonyl (C=O) groups is 2. The van der Waals surface area contributed by atoms with Crippen LogP contribution in [0, 0.1) is 0 Å². The predicted molar refractivity (Wildman–Crippen MR) is 72.6 cm³/mol. The Kier molecular flexibility index (Phi) is 13.5. The van der Waals surface area contributed by atoms with E-state index in [2.05, 4.69) is 0 Å². The summed E-state index contributed by atoms with van der Waals surface area (Å²) in [5, 5.41) is 0. The van der Waals surface area contributed by atoms with E-state index in [-0.39, 0.29) is 38.4 Å². The van der Waals surface area contributed by atoms with E-state index in [1.165, 1.54) is 0 Å². The fourth-order valence-electron chi connectivity index (χ4n) is 1.10. The second-order valence-electron chi connectivity index (χ2n) is 3.64. The van der Waals surface area contributed by atoms with E-state index < -0.39 is 0 Å². The van der Waals surface area contributed by atoms with Crippen molar-refractivity contribution in [2.75, 3.05) is 38.2 Å². The summed E-state index contributed by atoms with van der Waals surface area (Å²) in [6.07, 6.45) is 1.86. The van der Waals surface area contributed by atoms with Crippen LogP contribution in [0.25, 0.3) is 0 Å². The molecule has 0 saturated heterocycles. The highest BCUT2D eigenvalue weighted by Gasteiger charge is 2.03. The van der Waals surface area contributed by atoms with Gasteiger partial charge in [-0.3, -0.25) is 9.59 Å². The Balaban J connectivity index is 3.22. The molecule has 7 heteroatoms. The van der Waals surface area contributed by atoms with E-state index in [4.69, 9.17) is 37.4 Å². The molecule has 0 amide bonds. The molecule has 0 saturated carbocycles. The first-order valence-corrected chi connectivity index (χ1v) is 7.28. The van der Waals surface area contributed by atoms with Crippen molar-refractivity contribution in [1.82, 2.24) is 0 Å². The van der Waals surface area contributed by atoms with Crippen molar-refractivity contribution in [1.29, 1.82) is 0 Å². The van der Waals surface area contributed by atoms with Gasteiger partial charge in [0.25, 0.3) is 0 Å². The first kappa shape index (κ1) is 18.5. The lowest BCUT2D eigenvalue weighted by atomic mass is 10.3. The Bertz CT molecular complexity index is 224. The van der Waals surface area contributed by atoms with Gasteiger partial charge in [-0.25, -0.2) is 0 Å². The summed E-state index contributed by atoms with van der Waals surface area (Å²) >= 11 is 10.9. The average molecular weight is 315 g/mol. The van der Waals surface area contributed by atoms with Crippen LogP contribution in [0.15, 0.2) is 0 Å². The predicted octanol–water partition coefficient (Wildman–Crippen LogP) is 2.13. The van der Waals surface area contributed by atoms with Gasteiger partial charge >= 0.3 is 11.9 Å². The summed E-state index contributed by atoms with van der Waals surface area (Å²) < 4.78 is 14.9. The molecule has 112 valence electrons. The largest absolute Gasteiger partial charge is 0.463 e. The second kappa shape index (κ2) is 13.9. The van der Waals surface area contributed by atoms with Crippen LogP contribution in [0.1, 0.15) is 25.7 Å². The zero-order valence-corrected chi connectivity index (χ0v) is 12.4. The van der Waals surface area contributed by atoms with Crippen molar-refractivity contribution < 1.29 is 23.8 Å². The van der Waals surface area contributed by atoms with Gasteiger partial charge in [-0.2, -0.15) is 0 Å². The van der Waals surface area contributed by atoms with Gasteiger partial charge in [-0.15, -0.1) is 23.2 Å². The van der Waals surface area contributed by atoms with Crippen LogP contribution in [0.4, 0.5) is 0 Å². The Morgan fingerprint density at radius 2 is 1.16 bits per heavy atom. The fraction of sp³-hybridized carbons (Fsp3) is 0.833. The molecular formula is C12H20Cl2O5. The molecule has 0 bridgehead atoms. The van der Waals surface area contributed by atoms with E-state index in [1.54, 1.807) is 0 Å². The second-order valence-corrected chi connectivity index (χ2v) is 4.39. The van der Waals surface area contributed by atoms with Gasteiger partial charge in [0.2, 0.25) is 0 Å². The number of hydrogen-bond acceptors (Lipinski definition) is 5. The number of carbonyl (C=O) groups excluding carboxylic acids is 2. The molecule has 0 radical (unpaired) electrons. The highest BCUT2D eigenvalue weighted by Crippen LogP contribution is 1.96. The first-order valence-electron chi connectivity index (χ1n) is 6.21. The smallest absolute Gasteiger partial charge is 0.305 e. The average Bonchev–Trinajstić information content (AvgIpc) is 2.41. The van der Waals surface area contributed by atoms with Gasteiger partial charge in [0, 0.05) is 24.6 Å². The van der Waals surface area contributed by atoms with E-state index in [0.29, 0.717) is 37.4 Å². The van der Waals surface area contributed by atoms with Crippen molar-refractivity contribution in [2.45, 2.75) is 25.7 Å². The molecule has 19 heavy (non-hydrogen) atoms. The summed E-state index contributed by atoms with van der Waals surface area (Å²) in [5.74, 6) is 0.329. The lowest BCUT2D eigenvalue weighted by Crippen LogP contribution is -2.14. The molecule has 0 spiro atoms. The summed E-state index contributed by atoms with van der Waals surface area (Å²) in [6, 6.07) is 0. The zero-order valence-electron chi connectivity index (χ0n) is 10.9. The van der Waals surface area contributed by atoms with Crippen molar-refractivity contribution in [2.24, 2.45) is 0 Å². The maximum Gasteiger partial charge on any atom is 0.305 e. The molecule has 0 unspecified atom stereocenters. The van der Waals surface area contributed by atoms with E-state index in [0.717, 1.165) is 0 Å². The van der Waals surface area contributed by atoms with Gasteiger partial charge in [0.05, 0.1) is 13.2 Å². The van der Waals surface area contributed by atoms with Crippen LogP contribution >= 0.6 is 23.2 Å². The molecule has 0 rings (SSSR count). The Morgan fingerprint density at radius 3 is 1.53 bits per heavy atom. The summed E-state index contributed by atoms with van der Waals surface area (Å²) in [4.78, 5) is 22.1. The Labute approximate surface area is 123 Å². The van der Waals surface area contributed by atoms with Crippen molar-refractivity contribution >= 4 is 35.1 Å². The third kappa shape index (κ3) is 13.7. The van der Waals surface area contributed by atoms with Crippen LogP contribution in [0.2, 0.25) is 0 Å². The van der Waals surface area contributed by atoms with Crippen LogP contribution in [-0.2, 0) is 23.8 Å². The quantitative estimate of drug-likeness (QED) is 0.314. The molecule has 0 aliphatic carbocycles. The van der Waals surface area contributed by atoms with Crippen LogP contribution in [0.3, 0.4) is 0 Å². The lowest BCUT2D eigenvalue weighted by Gasteiger charge is -2.06. The number of alkyl halides is 2. The van der Waals surface area contributed by atoms with Crippen molar-refractivity contribution in [3.8, 4) is 0 Å². The minimum absolute atomic E-state index is 0.196. The third-order valence-electron chi connectivity index (χ3n) is 2.01. The molecule has 0 heterocycles. The summed E-state index contributed by atoms with van der Waals surface area (Å²) in [7, 11) is 0. The molecule has 0 atom stereocenters. The Morgan fingerprint density at radius 1 is 0.737 bits per heavy atom. The van der Waals surface area contributed by atoms with Gasteiger partial charge in [-0.1, -0.05) is 0 Å². The summed E-state index contributed by atoms with van der Waals surface area (Å²) in [5.41, 5.74) is 0. The van der Waals surface area contributed by atoms with Gasteiger partial charge in [0.1, 0.15) is 13.2 Å². The van der Waals surface area contributed by atoms with Crippen molar-refractivity contribution in [3.63, 3.8) is 0 Å². The summed E-state index contributed by atoms with van der Waals surface area (Å²) in [6.45, 7) is 0.959. The Hall–Kier alpha value is -0.520. The standard InChI is InChI=1S/C12H20Cl2O5/c13-5-1-3-11(15)18-9-7-17-8-10-19-12(16)4-2-6-14/h1-10H2. The fourth-order valence-corrected chi connectivity index (χ4v) is 1.36. The monoisotopic (exact) mass is 314 g/mol. The maximum atomic E-state index is 11.1. The van der Waals surface area contributed by atoms with E-state index in [9.17, 15) is 9.59 Å². The number of esters is 2. The molecule has 0 aliphatic heterocycles. The SMILES string of the molecule is O=C(CCCCl)OCCOCCOC(=O)CCCCl. The lowest BCUT2D eigenvalue weighted by molar-refractivity contribution is -0.146. The van der Waals surface area contributed by atoms with Gasteiger partial charge < -0.3 is 14.2 Å². The molecule has 5 nitrogen and oxygen atoms in total. The number of halogens is 2. The molecule has 0 N–H and O–H groups in total. The highest BCUT2D eigenvalue weighted by molar-refractivity contribution is 6.18. The molecule has 0 aromatic heterocycles. The number of rotatable bonds is 12. The third-order valence-corrected chi connectivity index (χ3v) is 2.55. The van der Waals surface area contributed by atoms with E-state index in [1.807, 2.05) is 0 Å². The molecule has 0 fully saturated rings. The molecule has 0 aromatic carbocycles. The molecule has 0 aliphatic rings. The van der Waals surface area contributed by atoms with Gasteiger partial charge in [0.15, 0.2) is 0 Å². The number of hydrogen-bond donors (Lipinski definition) is 0. The first-order chi connectivity index (χ1) is 9.20. The van der Waals surface area contributed by atoms with Gasteiger partial charge in [-0.05, 0) is 12.8 Å². The van der Waals surface area contributed by atoms with E-state index >= 15 is 0 Å². The normalized spacial score (nSPS) is 10.2. The zero-order chi connectivity index (χ0) is 14.3. The maximum absolute atomic E-state index is 11.1. The topological polar surface area (TPSA) is 61.8 Å². The van der Waals surface area contributed by atoms with Crippen LogP contribution < -0.4 is 0 Å². The molecular weight excluding hydrogens is 295 g/mol. The van der Waals surface area contributed by atoms with Crippen LogP contribution in [0.5, 0.6) is 0 Å². The minimum atomic E-state index is -0.281. The van der Waals surface area contributed by atoms with Crippen LogP contribution in [-0.4, -0.2) is 50.1 Å². The minimum Gasteiger partial charge on any atom is -0.463 e. The highest BCUT2D eigenvalue weighted by atomic mass is 35.5. The number of ether oxygens (including phenoxy) is 3.